The minimum absolute atomic E-state index is 0. The molecule has 0 heterocycles. The van der Waals surface area contributed by atoms with E-state index in [9.17, 15) is 0 Å². The molecule has 0 aliphatic rings. The van der Waals surface area contributed by atoms with Gasteiger partial charge in [-0.15, -0.1) is 0 Å². The molecule has 5 radical (unpaired) electrons. The maximum absolute atomic E-state index is 8.34. The Bertz CT molecular complexity index is 8.00. The molecule has 4 heteroatoms. The maximum Gasteiger partial charge on any atom is 0 e. The number of hydrogen-bond donors (Lipinski definition) is 0. The molecule has 0 aliphatic carbocycles. The van der Waals surface area contributed by atoms with Gasteiger partial charge in [0.25, 0.3) is 0 Å². The van der Waals surface area contributed by atoms with E-state index >= 15 is 0 Å². The smallest absolute Gasteiger partial charge is 0 e. The molecule has 0 aromatic heterocycles. The minimum atomic E-state index is 0. The van der Waals surface area contributed by atoms with Gasteiger partial charge < -0.3 is 0 Å². The van der Waals surface area contributed by atoms with Crippen molar-refractivity contribution in [2.45, 2.75) is 0 Å². The van der Waals surface area contributed by atoms with Crippen LogP contribution < -0.4 is 0 Å². The number of hydrogen-bond acceptors (Lipinski definition) is 1. The normalized spacial score (nSPS) is 1.00. The Kier molecular flexibility index (Phi) is 65.7. The van der Waals surface area contributed by atoms with E-state index in [1.807, 2.05) is 0 Å². The topological polar surface area (TPSA) is 17.1 Å². The summed E-state index contributed by atoms with van der Waals surface area (Å²) in [6.45, 7) is 0. The van der Waals surface area contributed by atoms with Gasteiger partial charge in [0.2, 0.25) is 0 Å². The van der Waals surface area contributed by atoms with E-state index < -0.39 is 0 Å². The van der Waals surface area contributed by atoms with Crippen molar-refractivity contribution >= 4 is 48.4 Å². The van der Waals surface area contributed by atoms with Crippen molar-refractivity contribution in [3.63, 3.8) is 0 Å². The summed E-state index contributed by atoms with van der Waals surface area (Å²) >= 11 is 0.300. The van der Waals surface area contributed by atoms with Crippen molar-refractivity contribution in [2.75, 3.05) is 0 Å². The Morgan fingerprint density at radius 2 is 1.25 bits per heavy atom. The van der Waals surface area contributed by atoms with Gasteiger partial charge in [-0.2, -0.15) is 0 Å². The summed E-state index contributed by atoms with van der Waals surface area (Å²) in [6, 6.07) is 0. The van der Waals surface area contributed by atoms with Gasteiger partial charge >= 0.3 is 25.6 Å². The van der Waals surface area contributed by atoms with Gasteiger partial charge in [0.05, 0.1) is 0 Å². The molecule has 0 saturated heterocycles. The van der Waals surface area contributed by atoms with E-state index in [-0.39, 0.29) is 72.8 Å². The molecule has 0 fully saturated rings. The molecule has 0 N–H and O–H groups in total. The average Bonchev–Trinajstić information content (AvgIpc) is 1.00. The molecule has 0 unspecified atom stereocenters. The molecule has 27 valence electrons. The summed E-state index contributed by atoms with van der Waals surface area (Å²) in [5.41, 5.74) is 0. The summed E-state index contributed by atoms with van der Waals surface area (Å²) in [7, 11) is 0. The van der Waals surface area contributed by atoms with Crippen LogP contribution in [0.5, 0.6) is 0 Å². The van der Waals surface area contributed by atoms with Crippen LogP contribution >= 0.6 is 0 Å². The van der Waals surface area contributed by atoms with Crippen LogP contribution in [0.15, 0.2) is 0 Å². The van der Waals surface area contributed by atoms with E-state index in [4.69, 9.17) is 3.08 Å². The zero-order valence-electron chi connectivity index (χ0n) is 1.75. The predicted molar refractivity (Wildman–Crippen MR) is 12.2 cm³/mol. The Morgan fingerprint density at radius 3 is 1.25 bits per heavy atom. The molecule has 0 aromatic carbocycles. The molecule has 4 heavy (non-hydrogen) atoms. The van der Waals surface area contributed by atoms with Crippen LogP contribution in [0.2, 0.25) is 0 Å². The van der Waals surface area contributed by atoms with E-state index in [0.29, 0.717) is 22.5 Å². The first-order valence-corrected chi connectivity index (χ1v) is 1.37. The van der Waals surface area contributed by atoms with E-state index in [0.717, 1.165) is 0 Å². The van der Waals surface area contributed by atoms with Crippen molar-refractivity contribution in [2.24, 2.45) is 0 Å². The third kappa shape index (κ3) is 8.89. The summed E-state index contributed by atoms with van der Waals surface area (Å²) < 4.78 is 8.34. The molecule has 0 aromatic rings. The predicted octanol–water partition coefficient (Wildman–Crippen LogP) is -0.880. The van der Waals surface area contributed by atoms with E-state index in [2.05, 4.69) is 0 Å². The van der Waals surface area contributed by atoms with Crippen molar-refractivity contribution < 1.29 is 50.0 Å². The van der Waals surface area contributed by atoms with Crippen LogP contribution in [0, 0.1) is 46.9 Å². The molecule has 0 aliphatic heterocycles. The van der Waals surface area contributed by atoms with Gasteiger partial charge in [-0.1, -0.05) is 0 Å². The van der Waals surface area contributed by atoms with Crippen molar-refractivity contribution in [3.8, 4) is 0 Å². The van der Waals surface area contributed by atoms with Gasteiger partial charge in [0, 0.05) is 72.8 Å². The monoisotopic (exact) mass is 425 g/mol. The van der Waals surface area contributed by atoms with Crippen molar-refractivity contribution in [3.05, 3.63) is 0 Å². The fourth-order valence-electron chi connectivity index (χ4n) is 0. The van der Waals surface area contributed by atoms with Crippen LogP contribution in [0.25, 0.3) is 0 Å². The molecule has 0 saturated carbocycles. The molecule has 0 amide bonds. The van der Waals surface area contributed by atoms with Gasteiger partial charge in [-0.05, 0) is 0 Å². The van der Waals surface area contributed by atoms with E-state index in [1.54, 1.807) is 0 Å². The van der Waals surface area contributed by atoms with Crippen molar-refractivity contribution in [1.29, 1.82) is 0 Å². The molecule has 0 bridgehead atoms. The first-order chi connectivity index (χ1) is 1.00. The van der Waals surface area contributed by atoms with Crippen molar-refractivity contribution in [1.82, 2.24) is 0 Å². The molecule has 1 nitrogen and oxygen atoms in total. The Labute approximate surface area is 95.8 Å². The largest absolute Gasteiger partial charge is 0 e. The second-order valence-electron chi connectivity index (χ2n) is 0. The quantitative estimate of drug-likeness (QED) is 0.464. The van der Waals surface area contributed by atoms with Crippen LogP contribution in [0.4, 0.5) is 0 Å². The van der Waals surface area contributed by atoms with Gasteiger partial charge in [0.15, 0.2) is 0 Å². The van der Waals surface area contributed by atoms with Gasteiger partial charge in [-0.3, -0.25) is 0 Å². The summed E-state index contributed by atoms with van der Waals surface area (Å²) in [6.07, 6.45) is 0. The Morgan fingerprint density at radius 1 is 1.25 bits per heavy atom. The van der Waals surface area contributed by atoms with E-state index in [1.165, 1.54) is 0 Å². The fourth-order valence-corrected chi connectivity index (χ4v) is 0. The average molecular weight is 423 g/mol. The molecule has 0 atom stereocenters. The Hall–Kier alpha value is 2.99. The third-order valence-corrected chi connectivity index (χ3v) is 0. The molecule has 0 rings (SSSR count). The SMILES string of the molecule is [In].[O]=[Sn].[Yb]. The molecular formula is InOSnYb. The van der Waals surface area contributed by atoms with Crippen LogP contribution in [0.1, 0.15) is 0 Å². The van der Waals surface area contributed by atoms with Crippen LogP contribution in [0.3, 0.4) is 0 Å². The fraction of sp³-hybridized carbons (Fsp3) is 0. The minimum Gasteiger partial charge on any atom is 0 e. The zero-order valence-corrected chi connectivity index (χ0v) is 9.62. The third-order valence-electron chi connectivity index (χ3n) is 0. The summed E-state index contributed by atoms with van der Waals surface area (Å²) in [4.78, 5) is 0. The van der Waals surface area contributed by atoms with Crippen LogP contribution in [-0.4, -0.2) is 48.4 Å². The van der Waals surface area contributed by atoms with Gasteiger partial charge in [0.1, 0.15) is 0 Å². The first kappa shape index (κ1) is 15.8. The van der Waals surface area contributed by atoms with Crippen LogP contribution in [-0.2, 0) is 3.08 Å². The first-order valence-electron chi connectivity index (χ1n) is 0.204. The molecular weight excluding hydrogens is 423 g/mol. The second kappa shape index (κ2) is 16.7. The Balaban J connectivity index is -0.00000000500. The molecule has 0 spiro atoms. The summed E-state index contributed by atoms with van der Waals surface area (Å²) in [5, 5.41) is 0. The van der Waals surface area contributed by atoms with Gasteiger partial charge in [-0.25, -0.2) is 0 Å². The number of rotatable bonds is 0. The standard InChI is InChI=1S/In.O.Sn.Yb. The second-order valence-corrected chi connectivity index (χ2v) is 0. The summed E-state index contributed by atoms with van der Waals surface area (Å²) in [5.74, 6) is 0. The zero-order chi connectivity index (χ0) is 2.00. The maximum atomic E-state index is 8.34.